The molecule has 0 saturated carbocycles. The Hall–Kier alpha value is 0.800. The summed E-state index contributed by atoms with van der Waals surface area (Å²) in [4.78, 5) is 32.5. The SMILES string of the molecule is CN(C)P(=O)(O)O.CN(C)P(=O)(O)O.Cl.Cl. The second-order valence-corrected chi connectivity index (χ2v) is 6.37. The lowest BCUT2D eigenvalue weighted by Gasteiger charge is -2.09. The van der Waals surface area contributed by atoms with Crippen molar-refractivity contribution in [3.8, 4) is 0 Å². The van der Waals surface area contributed by atoms with E-state index in [-0.39, 0.29) is 24.8 Å². The first-order chi connectivity index (χ1) is 5.89. The Kier molecular flexibility index (Phi) is 15.7. The summed E-state index contributed by atoms with van der Waals surface area (Å²) in [6, 6.07) is 0. The molecule has 0 saturated heterocycles. The predicted molar refractivity (Wildman–Crippen MR) is 66.0 cm³/mol. The van der Waals surface area contributed by atoms with Gasteiger partial charge >= 0.3 is 15.5 Å². The summed E-state index contributed by atoms with van der Waals surface area (Å²) in [6.45, 7) is 0. The average molecular weight is 323 g/mol. The van der Waals surface area contributed by atoms with Crippen LogP contribution in [0.1, 0.15) is 0 Å². The second-order valence-electron chi connectivity index (χ2n) is 2.72. The molecule has 0 radical (unpaired) electrons. The number of halogens is 2. The molecule has 104 valence electrons. The first-order valence-corrected chi connectivity index (χ1v) is 6.48. The monoisotopic (exact) mass is 322 g/mol. The normalized spacial score (nSPS) is 11.1. The van der Waals surface area contributed by atoms with E-state index in [0.29, 0.717) is 0 Å². The van der Waals surface area contributed by atoms with Gasteiger partial charge in [-0.25, -0.2) is 18.5 Å². The highest BCUT2D eigenvalue weighted by atomic mass is 35.5. The van der Waals surface area contributed by atoms with Crippen LogP contribution in [0.5, 0.6) is 0 Å². The van der Waals surface area contributed by atoms with Gasteiger partial charge in [0.1, 0.15) is 0 Å². The molecule has 0 rings (SSSR count). The summed E-state index contributed by atoms with van der Waals surface area (Å²) < 4.78 is 21.6. The fourth-order valence-electron chi connectivity index (χ4n) is 0. The van der Waals surface area contributed by atoms with Crippen LogP contribution in [0, 0.1) is 0 Å². The lowest BCUT2D eigenvalue weighted by atomic mass is 11.3. The second kappa shape index (κ2) is 9.79. The zero-order valence-electron chi connectivity index (χ0n) is 9.21. The van der Waals surface area contributed by atoms with Gasteiger partial charge in [0.15, 0.2) is 0 Å². The van der Waals surface area contributed by atoms with Gasteiger partial charge in [0.05, 0.1) is 0 Å². The zero-order valence-corrected chi connectivity index (χ0v) is 12.6. The Labute approximate surface area is 107 Å². The van der Waals surface area contributed by atoms with E-state index in [4.69, 9.17) is 19.6 Å². The van der Waals surface area contributed by atoms with Crippen LogP contribution in [0.3, 0.4) is 0 Å². The maximum Gasteiger partial charge on any atom is 0.402 e. The van der Waals surface area contributed by atoms with Gasteiger partial charge in [-0.2, -0.15) is 0 Å². The highest BCUT2D eigenvalue weighted by Crippen LogP contribution is 2.36. The van der Waals surface area contributed by atoms with Gasteiger partial charge in [0, 0.05) is 0 Å². The molecule has 0 aromatic rings. The zero-order chi connectivity index (χ0) is 12.2. The minimum absolute atomic E-state index is 0. The van der Waals surface area contributed by atoms with Crippen LogP contribution < -0.4 is 0 Å². The quantitative estimate of drug-likeness (QED) is 0.529. The standard InChI is InChI=1S/2C2H8NO3P.2ClH/c2*1-3(2)7(4,5)6;;/h2*1-2H3,(H2,4,5,6);2*1H. The van der Waals surface area contributed by atoms with E-state index in [1.165, 1.54) is 28.2 Å². The number of hydrogen-bond donors (Lipinski definition) is 4. The van der Waals surface area contributed by atoms with Crippen LogP contribution in [0.2, 0.25) is 0 Å². The van der Waals surface area contributed by atoms with Crippen molar-refractivity contribution in [3.05, 3.63) is 0 Å². The lowest BCUT2D eigenvalue weighted by Crippen LogP contribution is -2.05. The summed E-state index contributed by atoms with van der Waals surface area (Å²) in [5.41, 5.74) is 0. The molecule has 0 bridgehead atoms. The molecule has 0 aliphatic heterocycles. The maximum atomic E-state index is 9.95. The molecule has 0 aliphatic carbocycles. The van der Waals surface area contributed by atoms with Crippen molar-refractivity contribution in [2.45, 2.75) is 0 Å². The summed E-state index contributed by atoms with van der Waals surface area (Å²) in [7, 11) is -2.53. The van der Waals surface area contributed by atoms with Crippen LogP contribution in [0.4, 0.5) is 0 Å². The number of hydrogen-bond acceptors (Lipinski definition) is 2. The van der Waals surface area contributed by atoms with Gasteiger partial charge in [-0.15, -0.1) is 24.8 Å². The van der Waals surface area contributed by atoms with Crippen LogP contribution in [0.25, 0.3) is 0 Å². The Bertz CT molecular complexity index is 225. The molecule has 16 heavy (non-hydrogen) atoms. The minimum atomic E-state index is -3.90. The van der Waals surface area contributed by atoms with Gasteiger partial charge in [-0.05, 0) is 28.2 Å². The van der Waals surface area contributed by atoms with Gasteiger partial charge in [-0.3, -0.25) is 0 Å². The van der Waals surface area contributed by atoms with Crippen LogP contribution in [0.15, 0.2) is 0 Å². The van der Waals surface area contributed by atoms with Crippen molar-refractivity contribution < 1.29 is 28.7 Å². The Morgan fingerprint density at radius 3 is 0.750 bits per heavy atom. The molecule has 0 spiro atoms. The van der Waals surface area contributed by atoms with Crippen molar-refractivity contribution >= 4 is 40.3 Å². The molecule has 0 atom stereocenters. The Balaban J connectivity index is -0.0000000800. The maximum absolute atomic E-state index is 9.95. The number of nitrogens with zero attached hydrogens (tertiary/aromatic N) is 2. The Morgan fingerprint density at radius 1 is 0.688 bits per heavy atom. The van der Waals surface area contributed by atoms with Crippen molar-refractivity contribution in [2.24, 2.45) is 0 Å². The highest BCUT2D eigenvalue weighted by molar-refractivity contribution is 7.49. The Morgan fingerprint density at radius 2 is 0.750 bits per heavy atom. The molecule has 0 aliphatic rings. The predicted octanol–water partition coefficient (Wildman–Crippen LogP) is 0.125. The molecule has 12 heteroatoms. The molecule has 0 aromatic heterocycles. The summed E-state index contributed by atoms with van der Waals surface area (Å²) >= 11 is 0. The summed E-state index contributed by atoms with van der Waals surface area (Å²) in [6.07, 6.45) is 0. The van der Waals surface area contributed by atoms with E-state index in [1.807, 2.05) is 0 Å². The summed E-state index contributed by atoms with van der Waals surface area (Å²) in [5.74, 6) is 0. The van der Waals surface area contributed by atoms with Crippen LogP contribution in [-0.2, 0) is 9.13 Å². The molecule has 0 fully saturated rings. The van der Waals surface area contributed by atoms with E-state index in [1.54, 1.807) is 0 Å². The van der Waals surface area contributed by atoms with Crippen LogP contribution in [-0.4, -0.2) is 57.1 Å². The van der Waals surface area contributed by atoms with Gasteiger partial charge in [0.2, 0.25) is 0 Å². The van der Waals surface area contributed by atoms with Gasteiger partial charge < -0.3 is 19.6 Å². The van der Waals surface area contributed by atoms with Crippen molar-refractivity contribution in [1.82, 2.24) is 9.34 Å². The van der Waals surface area contributed by atoms with Crippen LogP contribution >= 0.6 is 40.3 Å². The van der Waals surface area contributed by atoms with Gasteiger partial charge in [-0.1, -0.05) is 0 Å². The third kappa shape index (κ3) is 17.2. The molecular weight excluding hydrogens is 305 g/mol. The van der Waals surface area contributed by atoms with Gasteiger partial charge in [0.25, 0.3) is 0 Å². The van der Waals surface area contributed by atoms with E-state index in [9.17, 15) is 9.13 Å². The number of rotatable bonds is 2. The molecular formula is C4H18Cl2N2O6P2. The van der Waals surface area contributed by atoms with Crippen molar-refractivity contribution in [2.75, 3.05) is 28.2 Å². The fraction of sp³-hybridized carbons (Fsp3) is 1.00. The largest absolute Gasteiger partial charge is 0.402 e. The molecule has 0 aromatic carbocycles. The minimum Gasteiger partial charge on any atom is -0.312 e. The smallest absolute Gasteiger partial charge is 0.312 e. The molecule has 0 amide bonds. The summed E-state index contributed by atoms with van der Waals surface area (Å²) in [5, 5.41) is 0. The van der Waals surface area contributed by atoms with Crippen molar-refractivity contribution in [3.63, 3.8) is 0 Å². The first kappa shape index (κ1) is 25.6. The van der Waals surface area contributed by atoms with E-state index in [0.717, 1.165) is 9.34 Å². The van der Waals surface area contributed by atoms with Crippen molar-refractivity contribution in [1.29, 1.82) is 0 Å². The average Bonchev–Trinajstić information content (AvgIpc) is 1.83. The van der Waals surface area contributed by atoms with E-state index < -0.39 is 15.5 Å². The first-order valence-electron chi connectivity index (χ1n) is 3.35. The molecule has 0 heterocycles. The van der Waals surface area contributed by atoms with E-state index in [2.05, 4.69) is 0 Å². The molecule has 4 N–H and O–H groups in total. The third-order valence-corrected chi connectivity index (χ3v) is 3.13. The molecule has 8 nitrogen and oxygen atoms in total. The van der Waals surface area contributed by atoms with E-state index >= 15 is 0 Å². The highest BCUT2D eigenvalue weighted by Gasteiger charge is 2.14. The molecule has 0 unspecified atom stereocenters. The fourth-order valence-corrected chi connectivity index (χ4v) is 0. The lowest BCUT2D eigenvalue weighted by molar-refractivity contribution is 0.309. The topological polar surface area (TPSA) is 122 Å². The third-order valence-electron chi connectivity index (χ3n) is 1.04.